The summed E-state index contributed by atoms with van der Waals surface area (Å²) in [5.41, 5.74) is 1.24. The number of piperidine rings is 1. The Balaban J connectivity index is 1.44. The number of hydrogen-bond acceptors (Lipinski definition) is 4. The van der Waals surface area contributed by atoms with Crippen LogP contribution in [0.5, 0.6) is 0 Å². The highest BCUT2D eigenvalue weighted by Crippen LogP contribution is 2.33. The van der Waals surface area contributed by atoms with Crippen LogP contribution in [0.2, 0.25) is 0 Å². The summed E-state index contributed by atoms with van der Waals surface area (Å²) in [6, 6.07) is 8.91. The second-order valence-electron chi connectivity index (χ2n) is 7.29. The van der Waals surface area contributed by atoms with Gasteiger partial charge in [0.25, 0.3) is 0 Å². The van der Waals surface area contributed by atoms with Crippen molar-refractivity contribution in [2.75, 3.05) is 29.4 Å². The topological polar surface area (TPSA) is 49.3 Å². The van der Waals surface area contributed by atoms with Gasteiger partial charge in [0.2, 0.25) is 5.91 Å². The maximum absolute atomic E-state index is 13.0. The van der Waals surface area contributed by atoms with Crippen molar-refractivity contribution in [2.24, 2.45) is 5.92 Å². The second-order valence-corrected chi connectivity index (χ2v) is 7.29. The van der Waals surface area contributed by atoms with Gasteiger partial charge in [-0.2, -0.15) is 13.2 Å². The Bertz CT molecular complexity index is 891. The predicted molar refractivity (Wildman–Crippen MR) is 99.2 cm³/mol. The number of anilines is 2. The Morgan fingerprint density at radius 3 is 2.54 bits per heavy atom. The zero-order valence-electron chi connectivity index (χ0n) is 15.5. The number of halogens is 3. The third kappa shape index (κ3) is 3.55. The Morgan fingerprint density at radius 2 is 1.82 bits per heavy atom. The lowest BCUT2D eigenvalue weighted by molar-refractivity contribution is -0.141. The van der Waals surface area contributed by atoms with Gasteiger partial charge in [-0.25, -0.2) is 9.97 Å². The number of carbonyl (C=O) groups excluding carboxylic acids is 1. The largest absolute Gasteiger partial charge is 0.433 e. The number of aromatic nitrogens is 2. The Kier molecular flexibility index (Phi) is 4.72. The third-order valence-electron chi connectivity index (χ3n) is 5.44. The summed E-state index contributed by atoms with van der Waals surface area (Å²) in [6.07, 6.45) is -2.44. The molecule has 1 fully saturated rings. The molecule has 3 heterocycles. The number of para-hydroxylation sites is 1. The summed E-state index contributed by atoms with van der Waals surface area (Å²) >= 11 is 0. The molecule has 0 unspecified atom stereocenters. The lowest BCUT2D eigenvalue weighted by Gasteiger charge is -2.34. The Morgan fingerprint density at radius 1 is 1.11 bits per heavy atom. The first-order valence-electron chi connectivity index (χ1n) is 9.40. The van der Waals surface area contributed by atoms with E-state index in [2.05, 4.69) is 9.97 Å². The van der Waals surface area contributed by atoms with Crippen LogP contribution in [0.1, 0.15) is 29.9 Å². The smallest absolute Gasteiger partial charge is 0.356 e. The molecular formula is C20H21F3N4O. The van der Waals surface area contributed by atoms with Gasteiger partial charge < -0.3 is 9.80 Å². The second kappa shape index (κ2) is 7.07. The van der Waals surface area contributed by atoms with Crippen LogP contribution in [0.25, 0.3) is 0 Å². The van der Waals surface area contributed by atoms with Crippen molar-refractivity contribution in [3.05, 3.63) is 47.4 Å². The predicted octanol–water partition coefficient (Wildman–Crippen LogP) is 3.61. The first-order chi connectivity index (χ1) is 13.3. The fraction of sp³-hybridized carbons (Fsp3) is 0.450. The van der Waals surface area contributed by atoms with Gasteiger partial charge in [0.1, 0.15) is 17.3 Å². The average molecular weight is 390 g/mol. The van der Waals surface area contributed by atoms with Crippen molar-refractivity contribution in [1.82, 2.24) is 9.97 Å². The molecule has 1 amide bonds. The minimum Gasteiger partial charge on any atom is -0.356 e. The van der Waals surface area contributed by atoms with Gasteiger partial charge in [-0.3, -0.25) is 4.79 Å². The number of rotatable bonds is 2. The minimum atomic E-state index is -4.50. The molecule has 0 atom stereocenters. The van der Waals surface area contributed by atoms with Gasteiger partial charge in [0.15, 0.2) is 0 Å². The van der Waals surface area contributed by atoms with Crippen LogP contribution in [-0.2, 0) is 17.4 Å². The molecule has 0 bridgehead atoms. The molecule has 0 aliphatic carbocycles. The Hall–Kier alpha value is -2.64. The molecule has 148 valence electrons. The zero-order chi connectivity index (χ0) is 19.9. The van der Waals surface area contributed by atoms with Gasteiger partial charge in [0.05, 0.1) is 0 Å². The number of carbonyl (C=O) groups is 1. The molecule has 1 aromatic heterocycles. The van der Waals surface area contributed by atoms with E-state index in [-0.39, 0.29) is 23.5 Å². The van der Waals surface area contributed by atoms with Crippen molar-refractivity contribution >= 4 is 17.4 Å². The summed E-state index contributed by atoms with van der Waals surface area (Å²) in [5.74, 6) is 0.362. The SMILES string of the molecule is Cc1nc(N2CCC(C(=O)N3CCc4ccccc43)CC2)cc(C(F)(F)F)n1. The molecule has 1 saturated heterocycles. The third-order valence-corrected chi connectivity index (χ3v) is 5.44. The van der Waals surface area contributed by atoms with E-state index in [0.717, 1.165) is 18.2 Å². The normalized spacial score (nSPS) is 17.7. The highest BCUT2D eigenvalue weighted by Gasteiger charge is 2.35. The van der Waals surface area contributed by atoms with Crippen LogP contribution in [0.4, 0.5) is 24.7 Å². The average Bonchev–Trinajstić information content (AvgIpc) is 3.10. The van der Waals surface area contributed by atoms with Crippen LogP contribution >= 0.6 is 0 Å². The van der Waals surface area contributed by atoms with Gasteiger partial charge in [0, 0.05) is 37.3 Å². The monoisotopic (exact) mass is 390 g/mol. The molecule has 0 saturated carbocycles. The van der Waals surface area contributed by atoms with Crippen LogP contribution in [0.15, 0.2) is 30.3 Å². The van der Waals surface area contributed by atoms with Crippen LogP contribution in [0.3, 0.4) is 0 Å². The number of fused-ring (bicyclic) bond motifs is 1. The summed E-state index contributed by atoms with van der Waals surface area (Å²) in [7, 11) is 0. The fourth-order valence-electron chi connectivity index (χ4n) is 4.00. The van der Waals surface area contributed by atoms with Crippen LogP contribution in [-0.4, -0.2) is 35.5 Å². The quantitative estimate of drug-likeness (QED) is 0.786. The molecule has 5 nitrogen and oxygen atoms in total. The van der Waals surface area contributed by atoms with Crippen molar-refractivity contribution in [3.8, 4) is 0 Å². The molecule has 28 heavy (non-hydrogen) atoms. The molecular weight excluding hydrogens is 369 g/mol. The molecule has 1 aromatic carbocycles. The number of amides is 1. The molecule has 2 aliphatic heterocycles. The van der Waals surface area contributed by atoms with E-state index >= 15 is 0 Å². The van der Waals surface area contributed by atoms with Crippen LogP contribution in [0, 0.1) is 12.8 Å². The number of alkyl halides is 3. The first kappa shape index (κ1) is 18.7. The van der Waals surface area contributed by atoms with Crippen molar-refractivity contribution in [2.45, 2.75) is 32.4 Å². The molecule has 4 rings (SSSR count). The number of hydrogen-bond donors (Lipinski definition) is 0. The zero-order valence-corrected chi connectivity index (χ0v) is 15.5. The highest BCUT2D eigenvalue weighted by molar-refractivity contribution is 5.97. The van der Waals surface area contributed by atoms with E-state index < -0.39 is 11.9 Å². The molecule has 0 radical (unpaired) electrons. The number of nitrogens with zero attached hydrogens (tertiary/aromatic N) is 4. The molecule has 0 N–H and O–H groups in total. The summed E-state index contributed by atoms with van der Waals surface area (Å²) in [6.45, 7) is 3.15. The first-order valence-corrected chi connectivity index (χ1v) is 9.40. The highest BCUT2D eigenvalue weighted by atomic mass is 19.4. The number of benzene rings is 1. The molecule has 2 aromatic rings. The molecule has 0 spiro atoms. The molecule has 2 aliphatic rings. The molecule has 8 heteroatoms. The van der Waals surface area contributed by atoms with E-state index in [1.54, 1.807) is 0 Å². The van der Waals surface area contributed by atoms with Gasteiger partial charge in [-0.05, 0) is 37.8 Å². The van der Waals surface area contributed by atoms with Gasteiger partial charge in [-0.15, -0.1) is 0 Å². The van der Waals surface area contributed by atoms with Crippen LogP contribution < -0.4 is 9.80 Å². The van der Waals surface area contributed by atoms with Crippen molar-refractivity contribution < 1.29 is 18.0 Å². The van der Waals surface area contributed by atoms with E-state index in [1.165, 1.54) is 12.5 Å². The lowest BCUT2D eigenvalue weighted by Crippen LogP contribution is -2.42. The van der Waals surface area contributed by atoms with Gasteiger partial charge in [-0.1, -0.05) is 18.2 Å². The van der Waals surface area contributed by atoms with E-state index in [1.807, 2.05) is 34.1 Å². The lowest BCUT2D eigenvalue weighted by atomic mass is 9.95. The maximum Gasteiger partial charge on any atom is 0.433 e. The van der Waals surface area contributed by atoms with Crippen molar-refractivity contribution in [3.63, 3.8) is 0 Å². The Labute approximate surface area is 161 Å². The summed E-state index contributed by atoms with van der Waals surface area (Å²) in [5, 5.41) is 0. The standard InChI is InChI=1S/C20H21F3N4O/c1-13-24-17(20(21,22)23)12-18(25-13)26-9-6-15(7-10-26)19(28)27-11-8-14-4-2-3-5-16(14)27/h2-5,12,15H,6-11H2,1H3. The van der Waals surface area contributed by atoms with E-state index in [9.17, 15) is 18.0 Å². The summed E-state index contributed by atoms with van der Waals surface area (Å²) < 4.78 is 39.1. The number of aryl methyl sites for hydroxylation is 1. The summed E-state index contributed by atoms with van der Waals surface area (Å²) in [4.78, 5) is 24.3. The minimum absolute atomic E-state index is 0.0942. The van der Waals surface area contributed by atoms with Crippen molar-refractivity contribution in [1.29, 1.82) is 0 Å². The fourth-order valence-corrected chi connectivity index (χ4v) is 4.00. The van der Waals surface area contributed by atoms with E-state index in [0.29, 0.717) is 32.5 Å². The van der Waals surface area contributed by atoms with Gasteiger partial charge >= 0.3 is 6.18 Å². The maximum atomic E-state index is 13.0. The van der Waals surface area contributed by atoms with E-state index in [4.69, 9.17) is 0 Å².